The molecule has 0 unspecified atom stereocenters. The number of amides is 1. The van der Waals surface area contributed by atoms with Crippen LogP contribution >= 0.6 is 0 Å². The number of nitrogens with zero attached hydrogens (tertiary/aromatic N) is 2. The van der Waals surface area contributed by atoms with E-state index in [-0.39, 0.29) is 5.91 Å². The number of carbonyl (C=O) groups is 1. The second kappa shape index (κ2) is 14.2. The molecule has 0 atom stereocenters. The van der Waals surface area contributed by atoms with Gasteiger partial charge in [0.1, 0.15) is 6.54 Å². The zero-order valence-electron chi connectivity index (χ0n) is 18.6. The van der Waals surface area contributed by atoms with Crippen molar-refractivity contribution in [1.29, 1.82) is 0 Å². The molecule has 0 aliphatic heterocycles. The van der Waals surface area contributed by atoms with E-state index < -0.39 is 0 Å². The van der Waals surface area contributed by atoms with E-state index in [0.29, 0.717) is 4.59 Å². The highest BCUT2D eigenvalue weighted by molar-refractivity contribution is 5.86. The van der Waals surface area contributed by atoms with Crippen LogP contribution in [0.5, 0.6) is 0 Å². The van der Waals surface area contributed by atoms with Gasteiger partial charge in [-0.1, -0.05) is 52.0 Å². The van der Waals surface area contributed by atoms with Crippen molar-refractivity contribution in [2.24, 2.45) is 0 Å². The summed E-state index contributed by atoms with van der Waals surface area (Å²) < 4.78 is 1.65. The van der Waals surface area contributed by atoms with E-state index in [1.807, 2.05) is 6.08 Å². The highest BCUT2D eigenvalue weighted by Gasteiger charge is 2.19. The van der Waals surface area contributed by atoms with E-state index in [2.05, 4.69) is 47.5 Å². The molecule has 0 aliphatic rings. The van der Waals surface area contributed by atoms with Crippen molar-refractivity contribution in [2.75, 3.05) is 47.8 Å². The Hall–Kier alpha value is -0.870. The second-order valence-electron chi connectivity index (χ2n) is 8.93. The summed E-state index contributed by atoms with van der Waals surface area (Å²) >= 11 is 0. The van der Waals surface area contributed by atoms with Gasteiger partial charge in [0.25, 0.3) is 5.91 Å². The van der Waals surface area contributed by atoms with Crippen LogP contribution in [0, 0.1) is 0 Å². The largest absolute Gasteiger partial charge is 0.328 e. The number of hydrogen-bond donors (Lipinski definition) is 1. The summed E-state index contributed by atoms with van der Waals surface area (Å²) in [6.45, 7) is 7.91. The van der Waals surface area contributed by atoms with Crippen LogP contribution in [0.1, 0.15) is 78.1 Å². The summed E-state index contributed by atoms with van der Waals surface area (Å²) in [6, 6.07) is 0. The molecule has 0 saturated heterocycles. The molecule has 154 valence electrons. The van der Waals surface area contributed by atoms with Crippen molar-refractivity contribution >= 4 is 5.91 Å². The highest BCUT2D eigenvalue weighted by atomic mass is 16.2. The molecule has 1 amide bonds. The number of rotatable bonds is 16. The first kappa shape index (κ1) is 25.1. The van der Waals surface area contributed by atoms with E-state index in [9.17, 15) is 4.79 Å². The van der Waals surface area contributed by atoms with E-state index in [1.54, 1.807) is 6.08 Å². The first-order chi connectivity index (χ1) is 12.2. The van der Waals surface area contributed by atoms with Crippen LogP contribution in [0.4, 0.5) is 0 Å². The molecule has 0 bridgehead atoms. The van der Waals surface area contributed by atoms with Crippen molar-refractivity contribution in [3.8, 4) is 0 Å². The third-order valence-corrected chi connectivity index (χ3v) is 4.97. The van der Waals surface area contributed by atoms with Gasteiger partial charge in [0.2, 0.25) is 0 Å². The molecule has 0 heterocycles. The maximum atomic E-state index is 12.1. The van der Waals surface area contributed by atoms with E-state index in [0.717, 1.165) is 23.9 Å². The van der Waals surface area contributed by atoms with Crippen LogP contribution in [0.3, 0.4) is 0 Å². The molecule has 0 rings (SSSR count). The molecule has 0 radical (unpaired) electrons. The fraction of sp³-hybridized carbons (Fsp3) is 0.864. The molecule has 0 aromatic rings. The Morgan fingerprint density at radius 2 is 1.38 bits per heavy atom. The van der Waals surface area contributed by atoms with Gasteiger partial charge in [-0.15, -0.1) is 0 Å². The first-order valence-corrected chi connectivity index (χ1v) is 10.9. The van der Waals surface area contributed by atoms with Crippen LogP contribution in [0.2, 0.25) is 0 Å². The molecule has 1 N–H and O–H groups in total. The van der Waals surface area contributed by atoms with Crippen LogP contribution in [0.15, 0.2) is 12.2 Å². The fourth-order valence-electron chi connectivity index (χ4n) is 3.39. The molecule has 4 heteroatoms. The Kier molecular flexibility index (Phi) is 13.7. The molecule has 0 saturated carbocycles. The third kappa shape index (κ3) is 15.4. The first-order valence-electron chi connectivity index (χ1n) is 10.9. The third-order valence-electron chi connectivity index (χ3n) is 4.97. The zero-order valence-corrected chi connectivity index (χ0v) is 18.6. The molecule has 0 fully saturated rings. The van der Waals surface area contributed by atoms with Gasteiger partial charge in [-0.3, -0.25) is 4.79 Å². The van der Waals surface area contributed by atoms with E-state index in [4.69, 9.17) is 0 Å². The molecule has 0 aromatic heterocycles. The summed E-state index contributed by atoms with van der Waals surface area (Å²) in [6.07, 6.45) is 16.1. The number of unbranched alkanes of at least 4 members (excludes halogenated alkanes) is 7. The lowest BCUT2D eigenvalue weighted by atomic mass is 10.1. The van der Waals surface area contributed by atoms with Crippen LogP contribution < -0.4 is 5.43 Å². The molecule has 0 aliphatic carbocycles. The standard InChI is InChI=1S/C22H46N3O/c1-7-9-10-11-12-13-14-15-18-22(26)23-25(5,6)21-17-16-20-24(3,4)19-8-2/h15,18H,7-14,16-17,19-21H2,1-6H3/q+1/p+1. The monoisotopic (exact) mass is 369 g/mol. The number of quaternary nitrogens is 2. The minimum Gasteiger partial charge on any atom is -0.328 e. The van der Waals surface area contributed by atoms with Crippen LogP contribution in [-0.2, 0) is 4.79 Å². The Morgan fingerprint density at radius 1 is 0.769 bits per heavy atom. The maximum Gasteiger partial charge on any atom is 0.288 e. The van der Waals surface area contributed by atoms with E-state index in [1.165, 1.54) is 64.5 Å². The SMILES string of the molecule is CCCCCCCCC=CC(=O)N[N+](C)(C)CCCC[N+](C)(C)CCC. The molecule has 4 nitrogen and oxygen atoms in total. The number of carbonyl (C=O) groups excluding carboxylic acids is 1. The summed E-state index contributed by atoms with van der Waals surface area (Å²) in [5.74, 6) is 0.0306. The van der Waals surface area contributed by atoms with E-state index >= 15 is 0 Å². The van der Waals surface area contributed by atoms with Crippen molar-refractivity contribution in [3.05, 3.63) is 12.2 Å². The summed E-state index contributed by atoms with van der Waals surface area (Å²) in [7, 11) is 8.76. The lowest BCUT2D eigenvalue weighted by Gasteiger charge is -2.31. The Morgan fingerprint density at radius 3 is 2.04 bits per heavy atom. The summed E-state index contributed by atoms with van der Waals surface area (Å²) in [4.78, 5) is 12.1. The minimum atomic E-state index is 0.0306. The Balaban J connectivity index is 3.88. The topological polar surface area (TPSA) is 29.1 Å². The van der Waals surface area contributed by atoms with Gasteiger partial charge in [-0.25, -0.2) is 4.59 Å². The fourth-order valence-corrected chi connectivity index (χ4v) is 3.39. The molecular weight excluding hydrogens is 322 g/mol. The van der Waals surface area contributed by atoms with Crippen molar-refractivity contribution < 1.29 is 13.9 Å². The Labute approximate surface area is 163 Å². The lowest BCUT2D eigenvalue weighted by Crippen LogP contribution is -2.54. The van der Waals surface area contributed by atoms with Gasteiger partial charge in [0.15, 0.2) is 0 Å². The second-order valence-corrected chi connectivity index (χ2v) is 8.93. The number of nitrogens with one attached hydrogen (secondary N) is 1. The van der Waals surface area contributed by atoms with Gasteiger partial charge in [0.05, 0.1) is 41.3 Å². The summed E-state index contributed by atoms with van der Waals surface area (Å²) in [5, 5.41) is 0. The highest BCUT2D eigenvalue weighted by Crippen LogP contribution is 2.07. The van der Waals surface area contributed by atoms with Gasteiger partial charge < -0.3 is 4.48 Å². The molecule has 0 spiro atoms. The average molecular weight is 370 g/mol. The molecule has 0 aromatic carbocycles. The predicted molar refractivity (Wildman–Crippen MR) is 114 cm³/mol. The zero-order chi connectivity index (χ0) is 19.9. The van der Waals surface area contributed by atoms with Gasteiger partial charge in [-0.05, 0) is 19.3 Å². The normalized spacial score (nSPS) is 12.7. The van der Waals surface area contributed by atoms with Crippen molar-refractivity contribution in [1.82, 2.24) is 5.43 Å². The molecule has 26 heavy (non-hydrogen) atoms. The summed E-state index contributed by atoms with van der Waals surface area (Å²) in [5.41, 5.74) is 3.10. The average Bonchev–Trinajstić information content (AvgIpc) is 2.53. The van der Waals surface area contributed by atoms with Crippen molar-refractivity contribution in [2.45, 2.75) is 78.1 Å². The van der Waals surface area contributed by atoms with Gasteiger partial charge in [-0.2, -0.15) is 5.43 Å². The van der Waals surface area contributed by atoms with Crippen LogP contribution in [-0.4, -0.2) is 62.8 Å². The van der Waals surface area contributed by atoms with Gasteiger partial charge in [0, 0.05) is 18.9 Å². The van der Waals surface area contributed by atoms with Gasteiger partial charge >= 0.3 is 0 Å². The quantitative estimate of drug-likeness (QED) is 0.182. The number of hydrogen-bond acceptors (Lipinski definition) is 1. The lowest BCUT2D eigenvalue weighted by molar-refractivity contribution is -0.926. The Bertz CT molecular complexity index is 389. The molecular formula is C22H47N3O+2. The smallest absolute Gasteiger partial charge is 0.288 e. The van der Waals surface area contributed by atoms with Crippen LogP contribution in [0.25, 0.3) is 0 Å². The maximum absolute atomic E-state index is 12.1. The minimum absolute atomic E-state index is 0.0306. The predicted octanol–water partition coefficient (Wildman–Crippen LogP) is 4.67. The number of allylic oxidation sites excluding steroid dienone is 1. The van der Waals surface area contributed by atoms with Crippen molar-refractivity contribution in [3.63, 3.8) is 0 Å².